The van der Waals surface area contributed by atoms with E-state index in [1.807, 2.05) is 24.3 Å². The van der Waals surface area contributed by atoms with E-state index in [1.54, 1.807) is 11.3 Å². The van der Waals surface area contributed by atoms with Crippen LogP contribution in [-0.4, -0.2) is 17.9 Å². The van der Waals surface area contributed by atoms with Crippen molar-refractivity contribution >= 4 is 34.0 Å². The highest BCUT2D eigenvalue weighted by Crippen LogP contribution is 2.23. The van der Waals surface area contributed by atoms with Crippen LogP contribution in [0.3, 0.4) is 0 Å². The number of nitrogens with one attached hydrogen (secondary N) is 1. The monoisotopic (exact) mass is 247 g/mol. The summed E-state index contributed by atoms with van der Waals surface area (Å²) in [6, 6.07) is 6.06. The summed E-state index contributed by atoms with van der Waals surface area (Å²) in [5, 5.41) is 3.52. The van der Waals surface area contributed by atoms with Crippen molar-refractivity contribution in [3.63, 3.8) is 0 Å². The molecule has 17 heavy (non-hydrogen) atoms. The van der Waals surface area contributed by atoms with Gasteiger partial charge < -0.3 is 11.1 Å². The van der Waals surface area contributed by atoms with Crippen LogP contribution in [0.15, 0.2) is 24.3 Å². The Morgan fingerprint density at radius 2 is 2.35 bits per heavy atom. The van der Waals surface area contributed by atoms with E-state index >= 15 is 0 Å². The zero-order valence-corrected chi connectivity index (χ0v) is 10.0. The highest BCUT2D eigenvalue weighted by Gasteiger charge is 2.03. The number of nitrogens with two attached hydrogens (primary N) is 1. The van der Waals surface area contributed by atoms with Crippen LogP contribution in [0.4, 0.5) is 0 Å². The number of hydrogen-bond donors (Lipinski definition) is 2. The maximum Gasteiger partial charge on any atom is 0.207 e. The predicted octanol–water partition coefficient (Wildman–Crippen LogP) is 1.51. The average molecular weight is 247 g/mol. The van der Waals surface area contributed by atoms with Crippen LogP contribution >= 0.6 is 11.3 Å². The van der Waals surface area contributed by atoms with Crippen molar-refractivity contribution in [1.82, 2.24) is 10.3 Å². The third-order valence-electron chi connectivity index (χ3n) is 2.24. The Morgan fingerprint density at radius 3 is 3.12 bits per heavy atom. The van der Waals surface area contributed by atoms with Crippen LogP contribution in [0.1, 0.15) is 10.6 Å². The van der Waals surface area contributed by atoms with Crippen molar-refractivity contribution in [2.24, 2.45) is 5.73 Å². The van der Waals surface area contributed by atoms with Gasteiger partial charge in [0.1, 0.15) is 5.01 Å². The highest BCUT2D eigenvalue weighted by atomic mass is 32.1. The summed E-state index contributed by atoms with van der Waals surface area (Å²) in [5.41, 5.74) is 7.48. The maximum atomic E-state index is 10.2. The van der Waals surface area contributed by atoms with Crippen LogP contribution < -0.4 is 11.1 Å². The molecule has 0 unspecified atom stereocenters. The zero-order chi connectivity index (χ0) is 12.1. The van der Waals surface area contributed by atoms with Gasteiger partial charge in [-0.1, -0.05) is 18.2 Å². The molecule has 1 heterocycles. The van der Waals surface area contributed by atoms with Gasteiger partial charge in [-0.25, -0.2) is 4.98 Å². The Kier molecular flexibility index (Phi) is 3.85. The lowest BCUT2D eigenvalue weighted by Gasteiger charge is -1.92. The summed E-state index contributed by atoms with van der Waals surface area (Å²) in [5.74, 6) is 0. The molecule has 1 amide bonds. The lowest BCUT2D eigenvalue weighted by atomic mass is 10.2. The number of carbonyl (C=O) groups excluding carboxylic acids is 1. The van der Waals surface area contributed by atoms with E-state index in [-0.39, 0.29) is 0 Å². The average Bonchev–Trinajstić information content (AvgIpc) is 2.75. The quantitative estimate of drug-likeness (QED) is 0.787. The van der Waals surface area contributed by atoms with Crippen LogP contribution in [0.25, 0.3) is 16.3 Å². The Hall–Kier alpha value is -1.72. The second kappa shape index (κ2) is 5.56. The number of aromatic nitrogens is 1. The van der Waals surface area contributed by atoms with Crippen molar-refractivity contribution in [2.45, 2.75) is 6.54 Å². The molecule has 3 N–H and O–H groups in total. The number of hydrogen-bond acceptors (Lipinski definition) is 4. The molecule has 0 radical (unpaired) electrons. The van der Waals surface area contributed by atoms with Crippen molar-refractivity contribution in [3.05, 3.63) is 34.8 Å². The van der Waals surface area contributed by atoms with E-state index in [4.69, 9.17) is 5.73 Å². The van der Waals surface area contributed by atoms with Gasteiger partial charge in [0, 0.05) is 6.54 Å². The molecule has 0 aliphatic heterocycles. The molecule has 5 heteroatoms. The van der Waals surface area contributed by atoms with Crippen LogP contribution in [0.5, 0.6) is 0 Å². The van der Waals surface area contributed by atoms with Gasteiger partial charge in [0.25, 0.3) is 0 Å². The number of carbonyl (C=O) groups is 1. The first-order valence-corrected chi connectivity index (χ1v) is 6.08. The maximum absolute atomic E-state index is 10.2. The fraction of sp³-hybridized carbons (Fsp3) is 0.167. The van der Waals surface area contributed by atoms with Gasteiger partial charge in [0.15, 0.2) is 0 Å². The molecule has 0 saturated carbocycles. The molecule has 0 fully saturated rings. The van der Waals surface area contributed by atoms with Gasteiger partial charge in [-0.05, 0) is 17.7 Å². The van der Waals surface area contributed by atoms with Crippen molar-refractivity contribution < 1.29 is 4.79 Å². The number of rotatable bonds is 5. The van der Waals surface area contributed by atoms with E-state index in [0.29, 0.717) is 19.5 Å². The molecule has 0 aliphatic carbocycles. The summed E-state index contributed by atoms with van der Waals surface area (Å²) >= 11 is 1.59. The molecule has 1 aromatic heterocycles. The molecule has 0 saturated heterocycles. The van der Waals surface area contributed by atoms with E-state index < -0.39 is 0 Å². The summed E-state index contributed by atoms with van der Waals surface area (Å²) in [6.45, 7) is 1.02. The van der Waals surface area contributed by atoms with Crippen molar-refractivity contribution in [1.29, 1.82) is 0 Å². The van der Waals surface area contributed by atoms with Gasteiger partial charge in [0.05, 0.1) is 16.8 Å². The van der Waals surface area contributed by atoms with Gasteiger partial charge in [-0.15, -0.1) is 11.3 Å². The van der Waals surface area contributed by atoms with Gasteiger partial charge in [-0.3, -0.25) is 4.79 Å². The summed E-state index contributed by atoms with van der Waals surface area (Å²) in [4.78, 5) is 14.6. The van der Waals surface area contributed by atoms with Gasteiger partial charge in [-0.2, -0.15) is 0 Å². The van der Waals surface area contributed by atoms with E-state index in [0.717, 1.165) is 20.8 Å². The van der Waals surface area contributed by atoms with Crippen LogP contribution in [-0.2, 0) is 11.3 Å². The molecule has 0 bridgehead atoms. The number of amides is 1. The number of nitrogens with zero attached hydrogens (tertiary/aromatic N) is 1. The molecule has 0 atom stereocenters. The topological polar surface area (TPSA) is 68.0 Å². The van der Waals surface area contributed by atoms with Crippen LogP contribution in [0.2, 0.25) is 0 Å². The minimum Gasteiger partial charge on any atom is -0.352 e. The van der Waals surface area contributed by atoms with E-state index in [9.17, 15) is 4.79 Å². The molecular weight excluding hydrogens is 234 g/mol. The third kappa shape index (κ3) is 2.89. The second-order valence-electron chi connectivity index (χ2n) is 3.47. The molecule has 88 valence electrons. The highest BCUT2D eigenvalue weighted by molar-refractivity contribution is 7.18. The molecule has 0 aliphatic rings. The summed E-state index contributed by atoms with van der Waals surface area (Å²) < 4.78 is 1.12. The predicted molar refractivity (Wildman–Crippen MR) is 70.6 cm³/mol. The largest absolute Gasteiger partial charge is 0.352 e. The lowest BCUT2D eigenvalue weighted by molar-refractivity contribution is -0.109. The minimum atomic E-state index is 0.483. The zero-order valence-electron chi connectivity index (χ0n) is 9.22. The number of benzene rings is 1. The molecular formula is C12H13N3OS. The van der Waals surface area contributed by atoms with E-state index in [1.165, 1.54) is 0 Å². The Morgan fingerprint density at radius 1 is 1.47 bits per heavy atom. The Bertz CT molecular complexity index is 548. The molecule has 2 rings (SSSR count). The smallest absolute Gasteiger partial charge is 0.207 e. The van der Waals surface area contributed by atoms with Crippen molar-refractivity contribution in [3.8, 4) is 0 Å². The fourth-order valence-corrected chi connectivity index (χ4v) is 2.47. The Labute approximate surface area is 103 Å². The standard InChI is InChI=1S/C12H13N3OS/c13-5-1-2-9-3-4-10-11(6-9)17-12(15-10)7-14-8-16/h1-4,6,8H,5,7,13H2,(H,14,16)/b2-1+. The van der Waals surface area contributed by atoms with Crippen molar-refractivity contribution in [2.75, 3.05) is 6.54 Å². The van der Waals surface area contributed by atoms with Gasteiger partial charge in [0.2, 0.25) is 6.41 Å². The minimum absolute atomic E-state index is 0.483. The molecule has 0 spiro atoms. The second-order valence-corrected chi connectivity index (χ2v) is 4.59. The number of thiazole rings is 1. The number of fused-ring (bicyclic) bond motifs is 1. The fourth-order valence-electron chi connectivity index (χ4n) is 1.50. The third-order valence-corrected chi connectivity index (χ3v) is 3.26. The SMILES string of the molecule is NC/C=C/c1ccc2nc(CNC=O)sc2c1. The molecule has 4 nitrogen and oxygen atoms in total. The lowest BCUT2D eigenvalue weighted by Crippen LogP contribution is -2.08. The van der Waals surface area contributed by atoms with Gasteiger partial charge >= 0.3 is 0 Å². The summed E-state index contributed by atoms with van der Waals surface area (Å²) in [7, 11) is 0. The first kappa shape index (κ1) is 11.8. The normalized spacial score (nSPS) is 11.1. The Balaban J connectivity index is 2.27. The van der Waals surface area contributed by atoms with E-state index in [2.05, 4.69) is 16.4 Å². The van der Waals surface area contributed by atoms with Crippen LogP contribution in [0, 0.1) is 0 Å². The first-order valence-electron chi connectivity index (χ1n) is 5.26. The molecule has 2 aromatic rings. The summed E-state index contributed by atoms with van der Waals surface area (Å²) in [6.07, 6.45) is 4.58. The molecule has 1 aromatic carbocycles. The first-order chi connectivity index (χ1) is 8.33.